The molecule has 0 saturated heterocycles. The standard InChI is InChI=1S/C28H25BrN2O6/c1-34-22-16-20(21(29)17-23(22)37-15-14-18-10-6-4-7-11-18)25-24(27(32)35-2)26(28(33)36-3)31(30-25)19-12-8-5-9-13-19/h4-13,16-17H,14-15H2,1-3H3. The summed E-state index contributed by atoms with van der Waals surface area (Å²) in [5.41, 5.74) is 2.37. The number of hydrogen-bond donors (Lipinski definition) is 0. The topological polar surface area (TPSA) is 88.9 Å². The fourth-order valence-electron chi connectivity index (χ4n) is 3.86. The van der Waals surface area contributed by atoms with Gasteiger partial charge in [0.1, 0.15) is 11.3 Å². The normalized spacial score (nSPS) is 10.6. The van der Waals surface area contributed by atoms with Crippen LogP contribution in [0.25, 0.3) is 16.9 Å². The zero-order valence-electron chi connectivity index (χ0n) is 20.6. The minimum atomic E-state index is -0.730. The number of ether oxygens (including phenoxy) is 4. The summed E-state index contributed by atoms with van der Waals surface area (Å²) < 4.78 is 23.6. The molecule has 4 aromatic rings. The van der Waals surface area contributed by atoms with Gasteiger partial charge in [-0.2, -0.15) is 5.10 Å². The minimum Gasteiger partial charge on any atom is -0.493 e. The van der Waals surface area contributed by atoms with Gasteiger partial charge in [0.2, 0.25) is 0 Å². The molecular weight excluding hydrogens is 540 g/mol. The van der Waals surface area contributed by atoms with E-state index in [9.17, 15) is 9.59 Å². The van der Waals surface area contributed by atoms with Crippen molar-refractivity contribution < 1.29 is 28.5 Å². The van der Waals surface area contributed by atoms with E-state index in [1.54, 1.807) is 36.4 Å². The smallest absolute Gasteiger partial charge is 0.357 e. The largest absolute Gasteiger partial charge is 0.493 e. The Morgan fingerprint density at radius 1 is 0.865 bits per heavy atom. The Morgan fingerprint density at radius 2 is 1.51 bits per heavy atom. The third-order valence-corrected chi connectivity index (χ3v) is 6.31. The van der Waals surface area contributed by atoms with Crippen LogP contribution in [0.15, 0.2) is 77.3 Å². The predicted octanol–water partition coefficient (Wildman–Crippen LogP) is 5.51. The summed E-state index contributed by atoms with van der Waals surface area (Å²) in [6.07, 6.45) is 0.722. The van der Waals surface area contributed by atoms with Gasteiger partial charge in [-0.1, -0.05) is 48.5 Å². The molecule has 0 aliphatic rings. The highest BCUT2D eigenvalue weighted by Crippen LogP contribution is 2.40. The van der Waals surface area contributed by atoms with Crippen molar-refractivity contribution in [2.75, 3.05) is 27.9 Å². The monoisotopic (exact) mass is 564 g/mol. The molecule has 0 saturated carbocycles. The van der Waals surface area contributed by atoms with Gasteiger partial charge < -0.3 is 18.9 Å². The molecule has 0 bridgehead atoms. The molecule has 1 aromatic heterocycles. The molecule has 0 fully saturated rings. The Bertz CT molecular complexity index is 1400. The third kappa shape index (κ3) is 5.51. The molecule has 3 aromatic carbocycles. The Hall–Kier alpha value is -4.11. The molecule has 0 unspecified atom stereocenters. The number of esters is 2. The third-order valence-electron chi connectivity index (χ3n) is 5.65. The van der Waals surface area contributed by atoms with E-state index >= 15 is 0 Å². The van der Waals surface area contributed by atoms with Crippen LogP contribution in [-0.4, -0.2) is 49.7 Å². The van der Waals surface area contributed by atoms with E-state index in [4.69, 9.17) is 18.9 Å². The van der Waals surface area contributed by atoms with Crippen LogP contribution in [0.4, 0.5) is 0 Å². The van der Waals surface area contributed by atoms with E-state index in [-0.39, 0.29) is 17.0 Å². The van der Waals surface area contributed by atoms with Crippen LogP contribution >= 0.6 is 15.9 Å². The van der Waals surface area contributed by atoms with Crippen LogP contribution < -0.4 is 9.47 Å². The number of rotatable bonds is 9. The molecule has 37 heavy (non-hydrogen) atoms. The van der Waals surface area contributed by atoms with Crippen LogP contribution in [-0.2, 0) is 15.9 Å². The molecule has 4 rings (SSSR count). The Morgan fingerprint density at radius 3 is 2.14 bits per heavy atom. The van der Waals surface area contributed by atoms with Gasteiger partial charge in [-0.05, 0) is 45.8 Å². The maximum Gasteiger partial charge on any atom is 0.357 e. The number of methoxy groups -OCH3 is 3. The Kier molecular flexibility index (Phi) is 8.25. The fraction of sp³-hybridized carbons (Fsp3) is 0.179. The van der Waals surface area contributed by atoms with Gasteiger partial charge in [0.05, 0.1) is 33.6 Å². The van der Waals surface area contributed by atoms with Gasteiger partial charge in [0.25, 0.3) is 0 Å². The number of carbonyl (C=O) groups excluding carboxylic acids is 2. The number of nitrogens with zero attached hydrogens (tertiary/aromatic N) is 2. The van der Waals surface area contributed by atoms with E-state index < -0.39 is 11.9 Å². The van der Waals surface area contributed by atoms with Crippen molar-refractivity contribution in [1.82, 2.24) is 9.78 Å². The molecular formula is C28H25BrN2O6. The first-order chi connectivity index (χ1) is 18.0. The van der Waals surface area contributed by atoms with Gasteiger partial charge in [-0.25, -0.2) is 14.3 Å². The highest BCUT2D eigenvalue weighted by atomic mass is 79.9. The minimum absolute atomic E-state index is 0.0290. The molecule has 0 amide bonds. The van der Waals surface area contributed by atoms with E-state index in [0.717, 1.165) is 12.0 Å². The molecule has 0 radical (unpaired) electrons. The van der Waals surface area contributed by atoms with Crippen molar-refractivity contribution in [3.63, 3.8) is 0 Å². The molecule has 0 spiro atoms. The number of hydrogen-bond acceptors (Lipinski definition) is 7. The van der Waals surface area contributed by atoms with Gasteiger partial charge in [-0.15, -0.1) is 0 Å². The maximum absolute atomic E-state index is 12.9. The first-order valence-corrected chi connectivity index (χ1v) is 12.2. The van der Waals surface area contributed by atoms with E-state index in [1.165, 1.54) is 26.0 Å². The zero-order valence-corrected chi connectivity index (χ0v) is 22.2. The van der Waals surface area contributed by atoms with E-state index in [1.807, 2.05) is 36.4 Å². The summed E-state index contributed by atoms with van der Waals surface area (Å²) in [6.45, 7) is 0.439. The molecule has 8 nitrogen and oxygen atoms in total. The lowest BCUT2D eigenvalue weighted by Crippen LogP contribution is -2.15. The van der Waals surface area contributed by atoms with Crippen LogP contribution in [0.2, 0.25) is 0 Å². The second-order valence-corrected chi connectivity index (χ2v) is 8.72. The summed E-state index contributed by atoms with van der Waals surface area (Å²) in [5.74, 6) is -0.501. The van der Waals surface area contributed by atoms with Crippen LogP contribution in [0.3, 0.4) is 0 Å². The predicted molar refractivity (Wildman–Crippen MR) is 142 cm³/mol. The van der Waals surface area contributed by atoms with E-state index in [0.29, 0.717) is 33.8 Å². The average Bonchev–Trinajstić information content (AvgIpc) is 3.34. The number of benzene rings is 3. The summed E-state index contributed by atoms with van der Waals surface area (Å²) in [4.78, 5) is 25.8. The van der Waals surface area contributed by atoms with Crippen molar-refractivity contribution in [3.8, 4) is 28.4 Å². The highest BCUT2D eigenvalue weighted by Gasteiger charge is 2.32. The summed E-state index contributed by atoms with van der Waals surface area (Å²) >= 11 is 3.58. The molecule has 0 aliphatic carbocycles. The van der Waals surface area contributed by atoms with Gasteiger partial charge >= 0.3 is 11.9 Å². The molecule has 9 heteroatoms. The maximum atomic E-state index is 12.9. The van der Waals surface area contributed by atoms with Gasteiger partial charge in [0.15, 0.2) is 17.2 Å². The van der Waals surface area contributed by atoms with Crippen LogP contribution in [0, 0.1) is 0 Å². The number of halogens is 1. The second kappa shape index (κ2) is 11.7. The zero-order chi connectivity index (χ0) is 26.4. The quantitative estimate of drug-likeness (QED) is 0.248. The number of carbonyl (C=O) groups is 2. The second-order valence-electron chi connectivity index (χ2n) is 7.87. The molecule has 1 heterocycles. The van der Waals surface area contributed by atoms with Gasteiger partial charge in [-0.3, -0.25) is 0 Å². The molecule has 0 N–H and O–H groups in total. The van der Waals surface area contributed by atoms with Crippen molar-refractivity contribution in [2.24, 2.45) is 0 Å². The SMILES string of the molecule is COC(=O)c1c(-c2cc(OC)c(OCCc3ccccc3)cc2Br)nn(-c2ccccc2)c1C(=O)OC. The lowest BCUT2D eigenvalue weighted by atomic mass is 10.0. The van der Waals surface area contributed by atoms with Crippen molar-refractivity contribution in [1.29, 1.82) is 0 Å². The Balaban J connectivity index is 1.80. The van der Waals surface area contributed by atoms with Crippen molar-refractivity contribution >= 4 is 27.9 Å². The van der Waals surface area contributed by atoms with Gasteiger partial charge in [0, 0.05) is 16.5 Å². The summed E-state index contributed by atoms with van der Waals surface area (Å²) in [6, 6.07) is 22.4. The lowest BCUT2D eigenvalue weighted by molar-refractivity contribution is 0.0549. The number of aromatic nitrogens is 2. The summed E-state index contributed by atoms with van der Waals surface area (Å²) in [7, 11) is 4.01. The van der Waals surface area contributed by atoms with Crippen LogP contribution in [0.5, 0.6) is 11.5 Å². The number of para-hydroxylation sites is 1. The summed E-state index contributed by atoms with van der Waals surface area (Å²) in [5, 5.41) is 4.65. The fourth-order valence-corrected chi connectivity index (χ4v) is 4.37. The van der Waals surface area contributed by atoms with Crippen LogP contribution in [0.1, 0.15) is 26.4 Å². The average molecular weight is 565 g/mol. The molecule has 0 aliphatic heterocycles. The first-order valence-electron chi connectivity index (χ1n) is 11.4. The highest BCUT2D eigenvalue weighted by molar-refractivity contribution is 9.10. The first kappa shape index (κ1) is 26.0. The molecule has 190 valence electrons. The lowest BCUT2D eigenvalue weighted by Gasteiger charge is -2.14. The Labute approximate surface area is 222 Å². The van der Waals surface area contributed by atoms with Crippen molar-refractivity contribution in [3.05, 3.63) is 94.1 Å². The molecule has 0 atom stereocenters. The van der Waals surface area contributed by atoms with Crippen molar-refractivity contribution in [2.45, 2.75) is 6.42 Å². The van der Waals surface area contributed by atoms with E-state index in [2.05, 4.69) is 21.0 Å².